The van der Waals surface area contributed by atoms with Gasteiger partial charge in [-0.2, -0.15) is 0 Å². The number of aromatic nitrogens is 1. The third-order valence-electron chi connectivity index (χ3n) is 5.75. The Morgan fingerprint density at radius 2 is 1.70 bits per heavy atom. The van der Waals surface area contributed by atoms with E-state index in [1.54, 1.807) is 36.4 Å². The maximum absolute atomic E-state index is 13.2. The van der Waals surface area contributed by atoms with Crippen LogP contribution in [-0.4, -0.2) is 34.0 Å². The molecular weight excluding hydrogens is 420 g/mol. The second kappa shape index (κ2) is 8.78. The highest BCUT2D eigenvalue weighted by atomic mass is 16.5. The van der Waals surface area contributed by atoms with Gasteiger partial charge in [0.25, 0.3) is 11.7 Å². The molecule has 1 saturated heterocycles. The third-order valence-corrected chi connectivity index (χ3v) is 5.75. The molecule has 0 bridgehead atoms. The van der Waals surface area contributed by atoms with Crippen molar-refractivity contribution in [3.63, 3.8) is 0 Å². The molecule has 1 aromatic heterocycles. The molecule has 1 aliphatic rings. The van der Waals surface area contributed by atoms with Crippen molar-refractivity contribution in [3.8, 4) is 11.5 Å². The van der Waals surface area contributed by atoms with Gasteiger partial charge < -0.3 is 14.9 Å². The Bertz CT molecular complexity index is 1230. The van der Waals surface area contributed by atoms with Gasteiger partial charge in [-0.1, -0.05) is 32.0 Å². The molecule has 2 aromatic carbocycles. The Labute approximate surface area is 191 Å². The molecule has 1 unspecified atom stereocenters. The van der Waals surface area contributed by atoms with Crippen molar-refractivity contribution in [2.75, 3.05) is 12.0 Å². The van der Waals surface area contributed by atoms with Gasteiger partial charge >= 0.3 is 0 Å². The number of phenols is 1. The van der Waals surface area contributed by atoms with E-state index in [0.29, 0.717) is 22.7 Å². The molecule has 7 heteroatoms. The normalized spacial score (nSPS) is 17.6. The van der Waals surface area contributed by atoms with Gasteiger partial charge in [-0.15, -0.1) is 0 Å². The van der Waals surface area contributed by atoms with E-state index in [1.807, 2.05) is 12.1 Å². The average molecular weight is 444 g/mol. The SMILES string of the molecule is COc1ccc(C2/C(=C(/O)c3ccncc3)C(=O)C(=O)N2c2ccc(C(C)C)cc2)cc1O. The lowest BCUT2D eigenvalue weighted by Gasteiger charge is -2.26. The van der Waals surface area contributed by atoms with Crippen molar-refractivity contribution in [1.82, 2.24) is 4.98 Å². The number of carbonyl (C=O) groups is 2. The smallest absolute Gasteiger partial charge is 0.300 e. The van der Waals surface area contributed by atoms with Crippen LogP contribution in [0.1, 0.15) is 42.5 Å². The summed E-state index contributed by atoms with van der Waals surface area (Å²) in [4.78, 5) is 31.6. The summed E-state index contributed by atoms with van der Waals surface area (Å²) in [5, 5.41) is 21.4. The zero-order valence-electron chi connectivity index (χ0n) is 18.5. The summed E-state index contributed by atoms with van der Waals surface area (Å²) in [6.45, 7) is 4.13. The molecule has 1 fully saturated rings. The van der Waals surface area contributed by atoms with E-state index in [0.717, 1.165) is 5.56 Å². The number of rotatable bonds is 5. The van der Waals surface area contributed by atoms with E-state index >= 15 is 0 Å². The first-order valence-corrected chi connectivity index (χ1v) is 10.5. The quantitative estimate of drug-likeness (QED) is 0.340. The van der Waals surface area contributed by atoms with Crippen LogP contribution in [0.25, 0.3) is 5.76 Å². The van der Waals surface area contributed by atoms with Crippen LogP contribution in [-0.2, 0) is 9.59 Å². The summed E-state index contributed by atoms with van der Waals surface area (Å²) < 4.78 is 5.13. The number of benzene rings is 2. The fourth-order valence-electron chi connectivity index (χ4n) is 3.98. The number of aliphatic hydroxyl groups excluding tert-OH is 1. The fraction of sp³-hybridized carbons (Fsp3) is 0.192. The number of amides is 1. The highest BCUT2D eigenvalue weighted by molar-refractivity contribution is 6.51. The average Bonchev–Trinajstić information content (AvgIpc) is 3.09. The Morgan fingerprint density at radius 3 is 2.27 bits per heavy atom. The lowest BCUT2D eigenvalue weighted by Crippen LogP contribution is -2.29. The number of methoxy groups -OCH3 is 1. The highest BCUT2D eigenvalue weighted by Gasteiger charge is 2.47. The van der Waals surface area contributed by atoms with E-state index in [4.69, 9.17) is 4.74 Å². The van der Waals surface area contributed by atoms with E-state index in [1.165, 1.54) is 30.5 Å². The standard InChI is InChI=1S/C26H24N2O5/c1-15(2)16-4-7-19(8-5-16)28-23(18-6-9-21(33-3)20(29)14-18)22(25(31)26(28)32)24(30)17-10-12-27-13-11-17/h4-15,23,29-30H,1-3H3/b24-22-. The van der Waals surface area contributed by atoms with Crippen molar-refractivity contribution >= 4 is 23.1 Å². The molecular formula is C26H24N2O5. The second-order valence-corrected chi connectivity index (χ2v) is 8.08. The number of ketones is 1. The molecule has 7 nitrogen and oxygen atoms in total. The van der Waals surface area contributed by atoms with E-state index < -0.39 is 17.7 Å². The lowest BCUT2D eigenvalue weighted by molar-refractivity contribution is -0.132. The minimum Gasteiger partial charge on any atom is -0.507 e. The summed E-state index contributed by atoms with van der Waals surface area (Å²) in [6.07, 6.45) is 2.98. The first kappa shape index (κ1) is 22.1. The van der Waals surface area contributed by atoms with Gasteiger partial charge in [0.15, 0.2) is 11.5 Å². The molecule has 3 aromatic rings. The molecule has 168 valence electrons. The van der Waals surface area contributed by atoms with Crippen LogP contribution in [0.15, 0.2) is 72.6 Å². The zero-order chi connectivity index (χ0) is 23.7. The summed E-state index contributed by atoms with van der Waals surface area (Å²) in [5.74, 6) is -1.46. The molecule has 33 heavy (non-hydrogen) atoms. The van der Waals surface area contributed by atoms with Crippen LogP contribution in [0, 0.1) is 0 Å². The first-order chi connectivity index (χ1) is 15.8. The van der Waals surface area contributed by atoms with Crippen molar-refractivity contribution in [2.24, 2.45) is 0 Å². The largest absolute Gasteiger partial charge is 0.507 e. The van der Waals surface area contributed by atoms with Crippen molar-refractivity contribution in [1.29, 1.82) is 0 Å². The number of carbonyl (C=O) groups excluding carboxylic acids is 2. The maximum atomic E-state index is 13.2. The maximum Gasteiger partial charge on any atom is 0.300 e. The summed E-state index contributed by atoms with van der Waals surface area (Å²) in [5.41, 5.74) is 2.35. The molecule has 4 rings (SSSR count). The van der Waals surface area contributed by atoms with Crippen molar-refractivity contribution < 1.29 is 24.5 Å². The minimum atomic E-state index is -0.945. The van der Waals surface area contributed by atoms with Gasteiger partial charge in [-0.25, -0.2) is 0 Å². The van der Waals surface area contributed by atoms with E-state index in [9.17, 15) is 19.8 Å². The number of hydrogen-bond acceptors (Lipinski definition) is 6. The van der Waals surface area contributed by atoms with Gasteiger partial charge in [-0.3, -0.25) is 19.5 Å². The number of pyridine rings is 1. The van der Waals surface area contributed by atoms with Crippen LogP contribution in [0.4, 0.5) is 5.69 Å². The molecule has 2 heterocycles. The van der Waals surface area contributed by atoms with Gasteiger partial charge in [-0.05, 0) is 53.4 Å². The number of aromatic hydroxyl groups is 1. The predicted octanol–water partition coefficient (Wildman–Crippen LogP) is 4.55. The molecule has 2 N–H and O–H groups in total. The fourth-order valence-corrected chi connectivity index (χ4v) is 3.98. The summed E-state index contributed by atoms with van der Waals surface area (Å²) in [6, 6.07) is 14.2. The monoisotopic (exact) mass is 444 g/mol. The summed E-state index contributed by atoms with van der Waals surface area (Å²) >= 11 is 0. The lowest BCUT2D eigenvalue weighted by atomic mass is 9.95. The molecule has 0 saturated carbocycles. The van der Waals surface area contributed by atoms with Gasteiger partial charge in [0, 0.05) is 23.6 Å². The van der Waals surface area contributed by atoms with Crippen LogP contribution < -0.4 is 9.64 Å². The zero-order valence-corrected chi connectivity index (χ0v) is 18.5. The third kappa shape index (κ3) is 3.93. The van der Waals surface area contributed by atoms with Gasteiger partial charge in [0.05, 0.1) is 18.7 Å². The minimum absolute atomic E-state index is 0.0660. The van der Waals surface area contributed by atoms with Crippen LogP contribution in [0.2, 0.25) is 0 Å². The van der Waals surface area contributed by atoms with Gasteiger partial charge in [0.2, 0.25) is 0 Å². The molecule has 1 aliphatic heterocycles. The van der Waals surface area contributed by atoms with E-state index in [-0.39, 0.29) is 22.8 Å². The topological polar surface area (TPSA) is 100.0 Å². The molecule has 1 atom stereocenters. The number of Topliss-reactive ketones (excluding diaryl/α,β-unsaturated/α-hetero) is 1. The van der Waals surface area contributed by atoms with E-state index in [2.05, 4.69) is 18.8 Å². The number of aliphatic hydroxyl groups is 1. The highest BCUT2D eigenvalue weighted by Crippen LogP contribution is 2.44. The van der Waals surface area contributed by atoms with Crippen molar-refractivity contribution in [2.45, 2.75) is 25.8 Å². The molecule has 0 aliphatic carbocycles. The number of ether oxygens (including phenoxy) is 1. The summed E-state index contributed by atoms with van der Waals surface area (Å²) in [7, 11) is 1.43. The number of phenolic OH excluding ortho intramolecular Hbond substituents is 1. The van der Waals surface area contributed by atoms with Crippen LogP contribution in [0.3, 0.4) is 0 Å². The number of hydrogen-bond donors (Lipinski definition) is 2. The number of nitrogens with zero attached hydrogens (tertiary/aromatic N) is 2. The first-order valence-electron chi connectivity index (χ1n) is 10.5. The Balaban J connectivity index is 1.92. The molecule has 1 amide bonds. The molecule has 0 spiro atoms. The number of anilines is 1. The Hall–Kier alpha value is -4.13. The van der Waals surface area contributed by atoms with Crippen LogP contribution in [0.5, 0.6) is 11.5 Å². The van der Waals surface area contributed by atoms with Gasteiger partial charge in [0.1, 0.15) is 5.76 Å². The Morgan fingerprint density at radius 1 is 1.03 bits per heavy atom. The predicted molar refractivity (Wildman–Crippen MR) is 124 cm³/mol. The van der Waals surface area contributed by atoms with Crippen molar-refractivity contribution in [3.05, 3.63) is 89.3 Å². The Kier molecular flexibility index (Phi) is 5.87. The molecule has 0 radical (unpaired) electrons. The van der Waals surface area contributed by atoms with Crippen LogP contribution >= 0.6 is 0 Å². The second-order valence-electron chi connectivity index (χ2n) is 8.08.